The molecule has 19 heavy (non-hydrogen) atoms. The van der Waals surface area contributed by atoms with Gasteiger partial charge in [0.15, 0.2) is 0 Å². The van der Waals surface area contributed by atoms with Crippen molar-refractivity contribution >= 4 is 5.91 Å². The molecule has 1 aromatic carbocycles. The van der Waals surface area contributed by atoms with E-state index in [2.05, 4.69) is 11.4 Å². The smallest absolute Gasteiger partial charge is 0.246 e. The lowest BCUT2D eigenvalue weighted by molar-refractivity contribution is -0.117. The summed E-state index contributed by atoms with van der Waals surface area (Å²) in [6, 6.07) is 8.10. The van der Waals surface area contributed by atoms with Crippen molar-refractivity contribution in [2.45, 2.75) is 26.7 Å². The third-order valence-corrected chi connectivity index (χ3v) is 3.38. The van der Waals surface area contributed by atoms with Crippen molar-refractivity contribution in [3.05, 3.63) is 41.5 Å². The summed E-state index contributed by atoms with van der Waals surface area (Å²) in [6.07, 6.45) is 3.80. The molecule has 1 amide bonds. The SMILES string of the molecule is CC/C=C(\C)C(=O)NC[C@H]1COc2ccccc2C1. The predicted molar refractivity (Wildman–Crippen MR) is 76.2 cm³/mol. The summed E-state index contributed by atoms with van der Waals surface area (Å²) in [7, 11) is 0. The molecule has 1 aromatic rings. The first-order valence-corrected chi connectivity index (χ1v) is 6.86. The van der Waals surface area contributed by atoms with Crippen molar-refractivity contribution in [3.8, 4) is 5.75 Å². The Hall–Kier alpha value is -1.77. The maximum atomic E-state index is 11.8. The molecule has 1 aliphatic heterocycles. The normalized spacial score (nSPS) is 18.4. The second-order valence-electron chi connectivity index (χ2n) is 4.99. The Morgan fingerprint density at radius 3 is 3.05 bits per heavy atom. The first-order valence-electron chi connectivity index (χ1n) is 6.86. The maximum absolute atomic E-state index is 11.8. The number of benzene rings is 1. The number of fused-ring (bicyclic) bond motifs is 1. The highest BCUT2D eigenvalue weighted by Gasteiger charge is 2.19. The van der Waals surface area contributed by atoms with Gasteiger partial charge in [0.2, 0.25) is 5.91 Å². The van der Waals surface area contributed by atoms with Crippen molar-refractivity contribution in [1.82, 2.24) is 5.32 Å². The number of carbonyl (C=O) groups excluding carboxylic acids is 1. The van der Waals surface area contributed by atoms with Gasteiger partial charge < -0.3 is 10.1 Å². The molecule has 0 saturated carbocycles. The minimum Gasteiger partial charge on any atom is -0.493 e. The van der Waals surface area contributed by atoms with Gasteiger partial charge in [0.25, 0.3) is 0 Å². The molecule has 0 aliphatic carbocycles. The first kappa shape index (κ1) is 13.7. The molecule has 1 atom stereocenters. The number of nitrogens with one attached hydrogen (secondary N) is 1. The number of para-hydroxylation sites is 1. The summed E-state index contributed by atoms with van der Waals surface area (Å²) >= 11 is 0. The van der Waals surface area contributed by atoms with Crippen molar-refractivity contribution in [2.75, 3.05) is 13.2 Å². The van der Waals surface area contributed by atoms with E-state index in [0.29, 0.717) is 19.1 Å². The van der Waals surface area contributed by atoms with Gasteiger partial charge in [-0.25, -0.2) is 0 Å². The van der Waals surface area contributed by atoms with Crippen LogP contribution in [0.25, 0.3) is 0 Å². The molecular formula is C16H21NO2. The van der Waals surface area contributed by atoms with Crippen LogP contribution in [0.3, 0.4) is 0 Å². The number of allylic oxidation sites excluding steroid dienone is 1. The van der Waals surface area contributed by atoms with Crippen LogP contribution in [0, 0.1) is 5.92 Å². The number of rotatable bonds is 4. The first-order chi connectivity index (χ1) is 9.20. The van der Waals surface area contributed by atoms with E-state index in [1.165, 1.54) is 5.56 Å². The zero-order chi connectivity index (χ0) is 13.7. The van der Waals surface area contributed by atoms with E-state index in [4.69, 9.17) is 4.74 Å². The summed E-state index contributed by atoms with van der Waals surface area (Å²) in [5.41, 5.74) is 2.02. The highest BCUT2D eigenvalue weighted by Crippen LogP contribution is 2.26. The Labute approximate surface area is 114 Å². The minimum absolute atomic E-state index is 0.0284. The van der Waals surface area contributed by atoms with Crippen LogP contribution >= 0.6 is 0 Å². The van der Waals surface area contributed by atoms with E-state index in [-0.39, 0.29) is 5.91 Å². The molecular weight excluding hydrogens is 238 g/mol. The van der Waals surface area contributed by atoms with Gasteiger partial charge in [-0.05, 0) is 31.4 Å². The van der Waals surface area contributed by atoms with Crippen LogP contribution in [-0.2, 0) is 11.2 Å². The Kier molecular flexibility index (Phi) is 4.61. The maximum Gasteiger partial charge on any atom is 0.246 e. The minimum atomic E-state index is 0.0284. The van der Waals surface area contributed by atoms with E-state index in [9.17, 15) is 4.79 Å². The number of hydrogen-bond donors (Lipinski definition) is 1. The van der Waals surface area contributed by atoms with Gasteiger partial charge in [0, 0.05) is 18.0 Å². The fraction of sp³-hybridized carbons (Fsp3) is 0.438. The molecule has 0 fully saturated rings. The number of carbonyl (C=O) groups is 1. The van der Waals surface area contributed by atoms with E-state index in [1.54, 1.807) is 0 Å². The molecule has 1 aliphatic rings. The van der Waals surface area contributed by atoms with Crippen LogP contribution < -0.4 is 10.1 Å². The van der Waals surface area contributed by atoms with Crippen LogP contribution in [0.15, 0.2) is 35.9 Å². The molecule has 3 heteroatoms. The van der Waals surface area contributed by atoms with Gasteiger partial charge in [-0.3, -0.25) is 4.79 Å². The van der Waals surface area contributed by atoms with Crippen LogP contribution in [0.4, 0.5) is 0 Å². The highest BCUT2D eigenvalue weighted by atomic mass is 16.5. The number of ether oxygens (including phenoxy) is 1. The third kappa shape index (κ3) is 3.60. The molecule has 2 rings (SSSR count). The quantitative estimate of drug-likeness (QED) is 0.844. The van der Waals surface area contributed by atoms with E-state index >= 15 is 0 Å². The largest absolute Gasteiger partial charge is 0.493 e. The van der Waals surface area contributed by atoms with Crippen molar-refractivity contribution < 1.29 is 9.53 Å². The van der Waals surface area contributed by atoms with Gasteiger partial charge in [0.05, 0.1) is 6.61 Å². The van der Waals surface area contributed by atoms with Crippen LogP contribution in [0.5, 0.6) is 5.75 Å². The van der Waals surface area contributed by atoms with Crippen LogP contribution in [0.1, 0.15) is 25.8 Å². The average molecular weight is 259 g/mol. The fourth-order valence-electron chi connectivity index (χ4n) is 2.30. The lowest BCUT2D eigenvalue weighted by Crippen LogP contribution is -2.35. The predicted octanol–water partition coefficient (Wildman–Crippen LogP) is 2.71. The number of hydrogen-bond acceptors (Lipinski definition) is 2. The second kappa shape index (κ2) is 6.41. The Morgan fingerprint density at radius 1 is 1.47 bits per heavy atom. The van der Waals surface area contributed by atoms with Gasteiger partial charge in [-0.15, -0.1) is 0 Å². The zero-order valence-corrected chi connectivity index (χ0v) is 11.6. The van der Waals surface area contributed by atoms with E-state index in [0.717, 1.165) is 24.2 Å². The summed E-state index contributed by atoms with van der Waals surface area (Å²) in [4.78, 5) is 11.8. The Balaban J connectivity index is 1.86. The van der Waals surface area contributed by atoms with Gasteiger partial charge in [-0.1, -0.05) is 31.2 Å². The highest BCUT2D eigenvalue weighted by molar-refractivity contribution is 5.92. The van der Waals surface area contributed by atoms with E-state index < -0.39 is 0 Å². The molecule has 1 heterocycles. The summed E-state index contributed by atoms with van der Waals surface area (Å²) in [5, 5.41) is 2.98. The Morgan fingerprint density at radius 2 is 2.26 bits per heavy atom. The second-order valence-corrected chi connectivity index (χ2v) is 4.99. The average Bonchev–Trinajstić information content (AvgIpc) is 2.44. The topological polar surface area (TPSA) is 38.3 Å². The van der Waals surface area contributed by atoms with Crippen molar-refractivity contribution in [1.29, 1.82) is 0 Å². The molecule has 0 unspecified atom stereocenters. The Bertz CT molecular complexity index is 479. The monoisotopic (exact) mass is 259 g/mol. The summed E-state index contributed by atoms with van der Waals surface area (Å²) in [6.45, 7) is 5.23. The molecule has 1 N–H and O–H groups in total. The fourth-order valence-corrected chi connectivity index (χ4v) is 2.30. The third-order valence-electron chi connectivity index (χ3n) is 3.38. The van der Waals surface area contributed by atoms with E-state index in [1.807, 2.05) is 38.1 Å². The van der Waals surface area contributed by atoms with Crippen molar-refractivity contribution in [3.63, 3.8) is 0 Å². The molecule has 0 saturated heterocycles. The molecule has 0 radical (unpaired) electrons. The summed E-state index contributed by atoms with van der Waals surface area (Å²) < 4.78 is 5.71. The van der Waals surface area contributed by atoms with Crippen molar-refractivity contribution in [2.24, 2.45) is 5.92 Å². The molecule has 0 bridgehead atoms. The van der Waals surface area contributed by atoms with Gasteiger partial charge in [-0.2, -0.15) is 0 Å². The van der Waals surface area contributed by atoms with Gasteiger partial charge >= 0.3 is 0 Å². The molecule has 3 nitrogen and oxygen atoms in total. The molecule has 0 spiro atoms. The summed E-state index contributed by atoms with van der Waals surface area (Å²) in [5.74, 6) is 1.36. The number of amides is 1. The standard InChI is InChI=1S/C16H21NO2/c1-3-6-12(2)16(18)17-10-13-9-14-7-4-5-8-15(14)19-11-13/h4-8,13H,3,9-11H2,1-2H3,(H,17,18)/b12-6+/t13-/m0/s1. The zero-order valence-electron chi connectivity index (χ0n) is 11.6. The van der Waals surface area contributed by atoms with Crippen LogP contribution in [0.2, 0.25) is 0 Å². The van der Waals surface area contributed by atoms with Gasteiger partial charge in [0.1, 0.15) is 5.75 Å². The van der Waals surface area contributed by atoms with Crippen LogP contribution in [-0.4, -0.2) is 19.1 Å². The lowest BCUT2D eigenvalue weighted by Gasteiger charge is -2.25. The lowest BCUT2D eigenvalue weighted by atomic mass is 9.96. The molecule has 0 aromatic heterocycles. The molecule has 102 valence electrons.